The van der Waals surface area contributed by atoms with Gasteiger partial charge in [0.25, 0.3) is 0 Å². The van der Waals surface area contributed by atoms with Crippen LogP contribution in [0.15, 0.2) is 41.5 Å². The van der Waals surface area contributed by atoms with E-state index in [2.05, 4.69) is 5.10 Å². The Morgan fingerprint density at radius 2 is 1.91 bits per heavy atom. The third kappa shape index (κ3) is 3.42. The normalized spacial score (nSPS) is 27.8. The van der Waals surface area contributed by atoms with Crippen molar-refractivity contribution in [2.45, 2.75) is 31.7 Å². The first-order chi connectivity index (χ1) is 15.4. The van der Waals surface area contributed by atoms with Crippen LogP contribution in [0.5, 0.6) is 5.75 Å². The second-order valence-corrected chi connectivity index (χ2v) is 8.88. The zero-order valence-corrected chi connectivity index (χ0v) is 17.1. The lowest BCUT2D eigenvalue weighted by Crippen LogP contribution is -2.45. The second kappa shape index (κ2) is 7.66. The van der Waals surface area contributed by atoms with Crippen LogP contribution in [0.25, 0.3) is 0 Å². The van der Waals surface area contributed by atoms with E-state index in [-0.39, 0.29) is 29.7 Å². The van der Waals surface area contributed by atoms with E-state index in [0.717, 1.165) is 12.1 Å². The van der Waals surface area contributed by atoms with Crippen LogP contribution in [-0.2, 0) is 4.79 Å². The molecule has 0 spiro atoms. The number of rotatable bonds is 5. The molecule has 5 nitrogen and oxygen atoms in total. The van der Waals surface area contributed by atoms with E-state index >= 15 is 0 Å². The summed E-state index contributed by atoms with van der Waals surface area (Å²) >= 11 is 0. The molecular formula is C24H20F3N3O2. The van der Waals surface area contributed by atoms with Gasteiger partial charge in [-0.25, -0.2) is 18.2 Å². The molecule has 8 heteroatoms. The molecule has 2 aromatic rings. The van der Waals surface area contributed by atoms with E-state index in [1.165, 1.54) is 29.3 Å². The number of fused-ring (bicyclic) bond motifs is 1. The van der Waals surface area contributed by atoms with Crippen molar-refractivity contribution in [3.05, 3.63) is 65.0 Å². The van der Waals surface area contributed by atoms with Gasteiger partial charge in [-0.1, -0.05) is 0 Å². The van der Waals surface area contributed by atoms with Crippen LogP contribution in [0, 0.1) is 46.0 Å². The van der Waals surface area contributed by atoms with Crippen molar-refractivity contribution in [2.24, 2.45) is 22.4 Å². The van der Waals surface area contributed by atoms with Crippen LogP contribution in [0.2, 0.25) is 0 Å². The summed E-state index contributed by atoms with van der Waals surface area (Å²) < 4.78 is 47.1. The number of carbonyl (C=O) groups is 1. The lowest BCUT2D eigenvalue weighted by molar-refractivity contribution is -0.148. The predicted molar refractivity (Wildman–Crippen MR) is 109 cm³/mol. The minimum absolute atomic E-state index is 0.0887. The van der Waals surface area contributed by atoms with Gasteiger partial charge < -0.3 is 4.74 Å². The first-order valence-corrected chi connectivity index (χ1v) is 10.5. The molecular weight excluding hydrogens is 419 g/mol. The first-order valence-electron chi connectivity index (χ1n) is 10.5. The first kappa shape index (κ1) is 20.6. The highest BCUT2D eigenvalue weighted by Gasteiger charge is 2.62. The molecule has 3 saturated carbocycles. The molecule has 1 heterocycles. The predicted octanol–water partition coefficient (Wildman–Crippen LogP) is 4.73. The number of nitrogens with zero attached hydrogens (tertiary/aromatic N) is 3. The molecule has 3 fully saturated rings. The summed E-state index contributed by atoms with van der Waals surface area (Å²) in [4.78, 5) is 13.4. The molecule has 0 saturated heterocycles. The molecule has 1 unspecified atom stereocenters. The largest absolute Gasteiger partial charge is 0.490 e. The van der Waals surface area contributed by atoms with Crippen molar-refractivity contribution in [3.63, 3.8) is 0 Å². The summed E-state index contributed by atoms with van der Waals surface area (Å²) in [5.74, 6) is -1.60. The van der Waals surface area contributed by atoms with Crippen molar-refractivity contribution < 1.29 is 22.7 Å². The van der Waals surface area contributed by atoms with E-state index in [1.54, 1.807) is 6.21 Å². The molecule has 0 aromatic heterocycles. The van der Waals surface area contributed by atoms with E-state index in [4.69, 9.17) is 10.00 Å². The highest BCUT2D eigenvalue weighted by molar-refractivity contribution is 5.86. The topological polar surface area (TPSA) is 65.7 Å². The lowest BCUT2D eigenvalue weighted by Gasteiger charge is -2.40. The summed E-state index contributed by atoms with van der Waals surface area (Å²) in [6.45, 7) is 0.282. The van der Waals surface area contributed by atoms with Gasteiger partial charge in [-0.15, -0.1) is 0 Å². The smallest absolute Gasteiger partial charge is 0.249 e. The molecule has 164 valence electrons. The second-order valence-electron chi connectivity index (χ2n) is 8.88. The summed E-state index contributed by atoms with van der Waals surface area (Å²) in [5, 5.41) is 14.4. The van der Waals surface area contributed by atoms with Crippen LogP contribution < -0.4 is 4.74 Å². The number of ether oxygens (including phenoxy) is 1. The maximum atomic E-state index is 14.1. The number of hydrogen-bond acceptors (Lipinski definition) is 4. The standard InChI is InChI=1S/C24H20F3N3O2/c25-18-6-15(7-19(26)8-18)21-3-4-29-30(21)23(31)24-9-16(10-24)17(11-24)13-32-22-2-1-14(12-28)5-20(22)27/h1-2,4-8,16-17,21H,3,9-11,13H2/t16?,17-,21?,24?/m0/s1. The maximum absolute atomic E-state index is 14.1. The van der Waals surface area contributed by atoms with Crippen LogP contribution in [0.1, 0.15) is 42.9 Å². The van der Waals surface area contributed by atoms with Crippen LogP contribution in [0.4, 0.5) is 13.2 Å². The minimum Gasteiger partial charge on any atom is -0.490 e. The highest BCUT2D eigenvalue weighted by Crippen LogP contribution is 2.63. The Morgan fingerprint density at radius 1 is 1.16 bits per heavy atom. The van der Waals surface area contributed by atoms with Crippen molar-refractivity contribution in [1.29, 1.82) is 5.26 Å². The molecule has 4 aliphatic rings. The molecule has 2 bridgehead atoms. The number of carbonyl (C=O) groups excluding carboxylic acids is 1. The monoisotopic (exact) mass is 439 g/mol. The molecule has 32 heavy (non-hydrogen) atoms. The minimum atomic E-state index is -0.686. The molecule has 3 aliphatic carbocycles. The molecule has 2 atom stereocenters. The molecule has 2 aromatic carbocycles. The SMILES string of the molecule is N#Cc1ccc(OC[C@@H]2CC3(C(=O)N4N=CCC4c4cc(F)cc(F)c4)CC2C3)c(F)c1. The Morgan fingerprint density at radius 3 is 2.59 bits per heavy atom. The van der Waals surface area contributed by atoms with E-state index in [9.17, 15) is 18.0 Å². The van der Waals surface area contributed by atoms with Gasteiger partial charge in [-0.05, 0) is 67.0 Å². The quantitative estimate of drug-likeness (QED) is 0.677. The fourth-order valence-electron chi connectivity index (χ4n) is 5.35. The molecule has 1 amide bonds. The highest BCUT2D eigenvalue weighted by atomic mass is 19.1. The van der Waals surface area contributed by atoms with Gasteiger partial charge in [-0.3, -0.25) is 4.79 Å². The van der Waals surface area contributed by atoms with Crippen molar-refractivity contribution in [2.75, 3.05) is 6.61 Å². The fourth-order valence-corrected chi connectivity index (χ4v) is 5.35. The Kier molecular flexibility index (Phi) is 4.92. The van der Waals surface area contributed by atoms with Gasteiger partial charge >= 0.3 is 0 Å². The van der Waals surface area contributed by atoms with Gasteiger partial charge in [0.05, 0.1) is 29.7 Å². The number of hydrogen-bond donors (Lipinski definition) is 0. The maximum Gasteiger partial charge on any atom is 0.249 e. The third-order valence-electron chi connectivity index (χ3n) is 6.90. The van der Waals surface area contributed by atoms with Gasteiger partial charge in [0.2, 0.25) is 5.91 Å². The Hall–Kier alpha value is -3.34. The van der Waals surface area contributed by atoms with Crippen LogP contribution in [-0.4, -0.2) is 23.7 Å². The average molecular weight is 439 g/mol. The lowest BCUT2D eigenvalue weighted by atomic mass is 9.68. The zero-order valence-electron chi connectivity index (χ0n) is 17.1. The molecule has 1 aliphatic heterocycles. The zero-order chi connectivity index (χ0) is 22.5. The van der Waals surface area contributed by atoms with E-state index in [1.807, 2.05) is 6.07 Å². The number of benzene rings is 2. The van der Waals surface area contributed by atoms with Gasteiger partial charge in [0.1, 0.15) is 11.6 Å². The van der Waals surface area contributed by atoms with Crippen molar-refractivity contribution in [1.82, 2.24) is 5.01 Å². The molecule has 6 rings (SSSR count). The number of amides is 1. The van der Waals surface area contributed by atoms with Gasteiger partial charge in [0, 0.05) is 18.7 Å². The molecule has 0 radical (unpaired) electrons. The number of hydrazone groups is 1. The van der Waals surface area contributed by atoms with E-state index < -0.39 is 28.9 Å². The summed E-state index contributed by atoms with van der Waals surface area (Å²) in [6, 6.07) is 8.71. The Balaban J connectivity index is 1.26. The van der Waals surface area contributed by atoms with Crippen LogP contribution in [0.3, 0.4) is 0 Å². The third-order valence-corrected chi connectivity index (χ3v) is 6.90. The number of halogens is 3. The summed E-state index contributed by atoms with van der Waals surface area (Å²) in [5.41, 5.74) is 0.0458. The van der Waals surface area contributed by atoms with Crippen LogP contribution >= 0.6 is 0 Å². The summed E-state index contributed by atoms with van der Waals surface area (Å²) in [6.07, 6.45) is 4.00. The van der Waals surface area contributed by atoms with Crippen molar-refractivity contribution >= 4 is 12.1 Å². The van der Waals surface area contributed by atoms with Gasteiger partial charge in [0.15, 0.2) is 11.6 Å². The van der Waals surface area contributed by atoms with Crippen molar-refractivity contribution in [3.8, 4) is 11.8 Å². The summed E-state index contributed by atoms with van der Waals surface area (Å²) in [7, 11) is 0. The average Bonchev–Trinajstić information content (AvgIpc) is 3.44. The van der Waals surface area contributed by atoms with Gasteiger partial charge in [-0.2, -0.15) is 10.4 Å². The van der Waals surface area contributed by atoms with E-state index in [0.29, 0.717) is 37.2 Å². The Labute approximate surface area is 183 Å². The fraction of sp³-hybridized carbons (Fsp3) is 0.375. The molecule has 0 N–H and O–H groups in total. The number of nitriles is 1. The Bertz CT molecular complexity index is 1130.